The molecule has 2 rings (SSSR count). The number of carboxylic acid groups (broad SMARTS) is 1. The summed E-state index contributed by atoms with van der Waals surface area (Å²) in [6.07, 6.45) is -0.0302. The number of rotatable bonds is 4. The maximum atomic E-state index is 10.9. The Bertz CT molecular complexity index is 696. The van der Waals surface area contributed by atoms with Crippen LogP contribution >= 0.6 is 0 Å². The van der Waals surface area contributed by atoms with Crippen LogP contribution in [0.4, 0.5) is 0 Å². The van der Waals surface area contributed by atoms with Crippen molar-refractivity contribution in [1.82, 2.24) is 9.78 Å². The summed E-state index contributed by atoms with van der Waals surface area (Å²) in [5.41, 5.74) is 3.78. The summed E-state index contributed by atoms with van der Waals surface area (Å²) >= 11 is 0. The summed E-state index contributed by atoms with van der Waals surface area (Å²) in [7, 11) is 0. The molecule has 0 atom stereocenters. The third-order valence-electron chi connectivity index (χ3n) is 3.32. The minimum Gasteiger partial charge on any atom is -0.481 e. The van der Waals surface area contributed by atoms with Gasteiger partial charge in [0.1, 0.15) is 0 Å². The molecule has 0 aliphatic carbocycles. The van der Waals surface area contributed by atoms with Gasteiger partial charge in [-0.15, -0.1) is 0 Å². The number of nitrogens with zero attached hydrogens (tertiary/aromatic N) is 3. The minimum atomic E-state index is -0.867. The Morgan fingerprint density at radius 3 is 2.75 bits per heavy atom. The number of aryl methyl sites for hydroxylation is 1. The van der Waals surface area contributed by atoms with Crippen LogP contribution in [0.5, 0.6) is 0 Å². The van der Waals surface area contributed by atoms with Gasteiger partial charge in [-0.3, -0.25) is 9.48 Å². The molecule has 0 spiro atoms. The third-order valence-corrected chi connectivity index (χ3v) is 3.32. The van der Waals surface area contributed by atoms with Gasteiger partial charge in [0.2, 0.25) is 0 Å². The normalized spacial score (nSPS) is 10.2. The summed E-state index contributed by atoms with van der Waals surface area (Å²) in [4.78, 5) is 10.9. The van der Waals surface area contributed by atoms with E-state index in [9.17, 15) is 4.79 Å². The van der Waals surface area contributed by atoms with Crippen LogP contribution in [0, 0.1) is 25.2 Å². The Morgan fingerprint density at radius 2 is 2.10 bits per heavy atom. The summed E-state index contributed by atoms with van der Waals surface area (Å²) < 4.78 is 1.75. The van der Waals surface area contributed by atoms with Crippen molar-refractivity contribution in [3.05, 3.63) is 52.3 Å². The predicted molar refractivity (Wildman–Crippen MR) is 73.3 cm³/mol. The number of aromatic nitrogens is 2. The van der Waals surface area contributed by atoms with Crippen molar-refractivity contribution < 1.29 is 9.90 Å². The maximum Gasteiger partial charge on any atom is 0.307 e. The van der Waals surface area contributed by atoms with Crippen LogP contribution in [0.3, 0.4) is 0 Å². The van der Waals surface area contributed by atoms with Crippen molar-refractivity contribution in [3.63, 3.8) is 0 Å². The summed E-state index contributed by atoms with van der Waals surface area (Å²) in [5, 5.41) is 22.4. The molecule has 0 unspecified atom stereocenters. The molecule has 1 aromatic heterocycles. The second-order valence-corrected chi connectivity index (χ2v) is 4.65. The minimum absolute atomic E-state index is 0.0302. The molecule has 0 aliphatic rings. The lowest BCUT2D eigenvalue weighted by atomic mass is 10.1. The van der Waals surface area contributed by atoms with Crippen LogP contribution in [-0.2, 0) is 17.8 Å². The predicted octanol–water partition coefficient (Wildman–Crippen LogP) is 2.05. The van der Waals surface area contributed by atoms with Crippen molar-refractivity contribution in [2.45, 2.75) is 26.8 Å². The summed E-state index contributed by atoms with van der Waals surface area (Å²) in [6.45, 7) is 4.13. The van der Waals surface area contributed by atoms with E-state index in [1.807, 2.05) is 25.1 Å². The largest absolute Gasteiger partial charge is 0.481 e. The van der Waals surface area contributed by atoms with Gasteiger partial charge in [0, 0.05) is 11.3 Å². The second kappa shape index (κ2) is 5.57. The van der Waals surface area contributed by atoms with Crippen molar-refractivity contribution in [1.29, 1.82) is 5.26 Å². The van der Waals surface area contributed by atoms with Gasteiger partial charge in [-0.05, 0) is 25.5 Å². The number of carboxylic acids is 1. The van der Waals surface area contributed by atoms with Gasteiger partial charge < -0.3 is 5.11 Å². The number of benzene rings is 1. The van der Waals surface area contributed by atoms with Gasteiger partial charge in [0.15, 0.2) is 0 Å². The Morgan fingerprint density at radius 1 is 1.40 bits per heavy atom. The molecule has 0 bridgehead atoms. The number of hydrogen-bond acceptors (Lipinski definition) is 3. The maximum absolute atomic E-state index is 10.9. The van der Waals surface area contributed by atoms with Crippen molar-refractivity contribution in [2.75, 3.05) is 0 Å². The zero-order valence-electron chi connectivity index (χ0n) is 11.4. The van der Waals surface area contributed by atoms with Crippen LogP contribution in [0.1, 0.15) is 28.1 Å². The van der Waals surface area contributed by atoms with Crippen LogP contribution < -0.4 is 0 Å². The molecule has 0 aliphatic heterocycles. The van der Waals surface area contributed by atoms with Gasteiger partial charge in [-0.1, -0.05) is 18.2 Å². The number of nitriles is 1. The molecule has 0 saturated heterocycles. The third kappa shape index (κ3) is 2.69. The van der Waals surface area contributed by atoms with E-state index in [0.29, 0.717) is 12.1 Å². The molecule has 1 heterocycles. The first kappa shape index (κ1) is 13.8. The first-order valence-corrected chi connectivity index (χ1v) is 6.25. The molecule has 1 N–H and O–H groups in total. The Labute approximate surface area is 117 Å². The topological polar surface area (TPSA) is 78.9 Å². The average Bonchev–Trinajstić information content (AvgIpc) is 2.67. The highest BCUT2D eigenvalue weighted by molar-refractivity contribution is 5.71. The quantitative estimate of drug-likeness (QED) is 0.921. The number of hydrogen-bond donors (Lipinski definition) is 1. The summed E-state index contributed by atoms with van der Waals surface area (Å²) in [6, 6.07) is 9.49. The van der Waals surface area contributed by atoms with Gasteiger partial charge in [-0.2, -0.15) is 10.4 Å². The van der Waals surface area contributed by atoms with Crippen LogP contribution in [0.25, 0.3) is 0 Å². The molecule has 5 nitrogen and oxygen atoms in total. The number of aliphatic carboxylic acids is 1. The molecule has 0 saturated carbocycles. The van der Waals surface area contributed by atoms with Gasteiger partial charge >= 0.3 is 5.97 Å². The number of carbonyl (C=O) groups is 1. The van der Waals surface area contributed by atoms with E-state index >= 15 is 0 Å². The Balaban J connectivity index is 2.36. The molecule has 5 heteroatoms. The zero-order chi connectivity index (χ0) is 14.7. The molecular weight excluding hydrogens is 254 g/mol. The first-order valence-electron chi connectivity index (χ1n) is 6.25. The lowest BCUT2D eigenvalue weighted by Gasteiger charge is -2.06. The highest BCUT2D eigenvalue weighted by Crippen LogP contribution is 2.17. The molecule has 0 fully saturated rings. The van der Waals surface area contributed by atoms with E-state index in [2.05, 4.69) is 11.2 Å². The lowest BCUT2D eigenvalue weighted by Crippen LogP contribution is -2.07. The molecule has 20 heavy (non-hydrogen) atoms. The molecule has 0 amide bonds. The molecule has 2 aromatic rings. The fourth-order valence-electron chi connectivity index (χ4n) is 2.22. The van der Waals surface area contributed by atoms with Crippen LogP contribution in [0.2, 0.25) is 0 Å². The molecule has 0 radical (unpaired) electrons. The standard InChI is InChI=1S/C15H15N3O2/c1-10-14(7-15(19)20)11(2)18(17-10)9-13-6-4-3-5-12(13)8-16/h3-6H,7,9H2,1-2H3,(H,19,20). The molecular formula is C15H15N3O2. The average molecular weight is 269 g/mol. The smallest absolute Gasteiger partial charge is 0.307 e. The second-order valence-electron chi connectivity index (χ2n) is 4.65. The first-order chi connectivity index (χ1) is 9.52. The Hall–Kier alpha value is -2.61. The van der Waals surface area contributed by atoms with E-state index in [-0.39, 0.29) is 6.42 Å². The van der Waals surface area contributed by atoms with E-state index in [1.54, 1.807) is 17.7 Å². The van der Waals surface area contributed by atoms with Gasteiger partial charge in [0.25, 0.3) is 0 Å². The SMILES string of the molecule is Cc1nn(Cc2ccccc2C#N)c(C)c1CC(=O)O. The Kier molecular flexibility index (Phi) is 3.85. The molecule has 102 valence electrons. The zero-order valence-corrected chi connectivity index (χ0v) is 11.4. The van der Waals surface area contributed by atoms with E-state index in [0.717, 1.165) is 22.5 Å². The fraction of sp³-hybridized carbons (Fsp3) is 0.267. The monoisotopic (exact) mass is 269 g/mol. The lowest BCUT2D eigenvalue weighted by molar-refractivity contribution is -0.136. The van der Waals surface area contributed by atoms with Crippen molar-refractivity contribution >= 4 is 5.97 Å². The highest BCUT2D eigenvalue weighted by atomic mass is 16.4. The van der Waals surface area contributed by atoms with Gasteiger partial charge in [0.05, 0.1) is 30.3 Å². The van der Waals surface area contributed by atoms with E-state index in [4.69, 9.17) is 10.4 Å². The van der Waals surface area contributed by atoms with E-state index < -0.39 is 5.97 Å². The van der Waals surface area contributed by atoms with Gasteiger partial charge in [-0.25, -0.2) is 0 Å². The van der Waals surface area contributed by atoms with Crippen LogP contribution in [-0.4, -0.2) is 20.9 Å². The van der Waals surface area contributed by atoms with Crippen LogP contribution in [0.15, 0.2) is 24.3 Å². The molecule has 1 aromatic carbocycles. The van der Waals surface area contributed by atoms with Crippen molar-refractivity contribution in [3.8, 4) is 6.07 Å². The fourth-order valence-corrected chi connectivity index (χ4v) is 2.22. The van der Waals surface area contributed by atoms with E-state index in [1.165, 1.54) is 0 Å². The van der Waals surface area contributed by atoms with Crippen molar-refractivity contribution in [2.24, 2.45) is 0 Å². The summed E-state index contributed by atoms with van der Waals surface area (Å²) in [5.74, 6) is -0.867. The highest BCUT2D eigenvalue weighted by Gasteiger charge is 2.15.